The number of benzene rings is 3. The Labute approximate surface area is 217 Å². The average Bonchev–Trinajstić information content (AvgIpc) is 3.35. The van der Waals surface area contributed by atoms with E-state index in [1.165, 1.54) is 11.3 Å². The maximum absolute atomic E-state index is 13.7. The van der Waals surface area contributed by atoms with Crippen LogP contribution in [0.1, 0.15) is 30.9 Å². The lowest BCUT2D eigenvalue weighted by molar-refractivity contribution is -0.124. The Morgan fingerprint density at radius 2 is 1.72 bits per heavy atom. The maximum atomic E-state index is 13.7. The van der Waals surface area contributed by atoms with Crippen LogP contribution in [0.3, 0.4) is 0 Å². The second-order valence-corrected chi connectivity index (χ2v) is 10.6. The first kappa shape index (κ1) is 22.7. The molecule has 7 heteroatoms. The van der Waals surface area contributed by atoms with Gasteiger partial charge in [-0.3, -0.25) is 4.79 Å². The number of para-hydroxylation sites is 1. The summed E-state index contributed by atoms with van der Waals surface area (Å²) < 4.78 is 6.03. The standard InChI is InChI=1S/C29H22ClN3O2S/c1-29(2,25-20-11-5-6-13-23(20)35-26-21(25)14-15-24(30)32-26)27(34)33-28-31-22(16-36-28)19-12-7-9-17-8-3-4-10-18(17)19/h3-16,25H,1-2H3,(H,31,33,34). The molecule has 1 aliphatic heterocycles. The zero-order valence-corrected chi connectivity index (χ0v) is 21.2. The molecule has 0 fully saturated rings. The quantitative estimate of drug-likeness (QED) is 0.249. The molecule has 36 heavy (non-hydrogen) atoms. The van der Waals surface area contributed by atoms with Crippen molar-refractivity contribution in [1.82, 2.24) is 9.97 Å². The smallest absolute Gasteiger partial charge is 0.232 e. The number of thiazole rings is 1. The van der Waals surface area contributed by atoms with Crippen LogP contribution in [0.15, 0.2) is 84.2 Å². The van der Waals surface area contributed by atoms with Gasteiger partial charge in [-0.15, -0.1) is 11.3 Å². The third-order valence-corrected chi connectivity index (χ3v) is 7.67. The molecule has 1 atom stereocenters. The first-order chi connectivity index (χ1) is 17.4. The SMILES string of the molecule is CC(C)(C(=O)Nc1nc(-c2cccc3ccccc23)cs1)C1c2ccccc2Oc2nc(Cl)ccc21. The molecule has 5 nitrogen and oxygen atoms in total. The number of hydrogen-bond acceptors (Lipinski definition) is 5. The van der Waals surface area contributed by atoms with E-state index in [4.69, 9.17) is 21.3 Å². The number of hydrogen-bond donors (Lipinski definition) is 1. The van der Waals surface area contributed by atoms with Gasteiger partial charge in [-0.2, -0.15) is 0 Å². The van der Waals surface area contributed by atoms with Gasteiger partial charge in [0, 0.05) is 28.0 Å². The van der Waals surface area contributed by atoms with E-state index in [2.05, 4.69) is 34.6 Å². The Kier molecular flexibility index (Phi) is 5.51. The molecular weight excluding hydrogens is 490 g/mol. The minimum absolute atomic E-state index is 0.135. The molecule has 178 valence electrons. The molecule has 0 saturated heterocycles. The lowest BCUT2D eigenvalue weighted by atomic mass is 9.70. The zero-order valence-electron chi connectivity index (χ0n) is 19.7. The fourth-order valence-corrected chi connectivity index (χ4v) is 5.73. The van der Waals surface area contributed by atoms with Gasteiger partial charge in [0.1, 0.15) is 10.9 Å². The highest BCUT2D eigenvalue weighted by atomic mass is 35.5. The first-order valence-electron chi connectivity index (χ1n) is 11.6. The van der Waals surface area contributed by atoms with Crippen LogP contribution in [0.2, 0.25) is 5.15 Å². The van der Waals surface area contributed by atoms with Crippen LogP contribution in [-0.4, -0.2) is 15.9 Å². The van der Waals surface area contributed by atoms with Crippen LogP contribution in [0.4, 0.5) is 5.13 Å². The van der Waals surface area contributed by atoms with Gasteiger partial charge in [-0.1, -0.05) is 86.1 Å². The van der Waals surface area contributed by atoms with Crippen LogP contribution in [0, 0.1) is 5.41 Å². The summed E-state index contributed by atoms with van der Waals surface area (Å²) >= 11 is 7.57. The Bertz CT molecular complexity index is 1620. The van der Waals surface area contributed by atoms with Crippen LogP contribution < -0.4 is 10.1 Å². The molecule has 5 aromatic rings. The van der Waals surface area contributed by atoms with Crippen molar-refractivity contribution in [2.75, 3.05) is 5.32 Å². The molecule has 0 aliphatic carbocycles. The predicted molar refractivity (Wildman–Crippen MR) is 145 cm³/mol. The fourth-order valence-electron chi connectivity index (χ4n) is 4.88. The van der Waals surface area contributed by atoms with E-state index in [1.54, 1.807) is 6.07 Å². The topological polar surface area (TPSA) is 64.1 Å². The number of aromatic nitrogens is 2. The second kappa shape index (κ2) is 8.73. The van der Waals surface area contributed by atoms with Gasteiger partial charge in [0.15, 0.2) is 5.13 Å². The van der Waals surface area contributed by atoms with Gasteiger partial charge in [-0.05, 0) is 29.0 Å². The van der Waals surface area contributed by atoms with Gasteiger partial charge in [0.2, 0.25) is 11.8 Å². The summed E-state index contributed by atoms with van der Waals surface area (Å²) in [6.45, 7) is 3.87. The Morgan fingerprint density at radius 3 is 2.61 bits per heavy atom. The summed E-state index contributed by atoms with van der Waals surface area (Å²) in [5, 5.41) is 8.24. The number of rotatable bonds is 4. The Hall–Kier alpha value is -3.74. The van der Waals surface area contributed by atoms with Gasteiger partial charge in [0.25, 0.3) is 0 Å². The van der Waals surface area contributed by atoms with E-state index in [9.17, 15) is 4.79 Å². The van der Waals surface area contributed by atoms with Crippen LogP contribution in [-0.2, 0) is 4.79 Å². The molecule has 1 N–H and O–H groups in total. The number of nitrogens with one attached hydrogen (secondary N) is 1. The Morgan fingerprint density at radius 1 is 0.944 bits per heavy atom. The van der Waals surface area contributed by atoms with Crippen LogP contribution >= 0.6 is 22.9 Å². The molecule has 6 rings (SSSR count). The minimum atomic E-state index is -0.838. The van der Waals surface area contributed by atoms with Crippen molar-refractivity contribution in [3.63, 3.8) is 0 Å². The average molecular weight is 512 g/mol. The van der Waals surface area contributed by atoms with Gasteiger partial charge >= 0.3 is 0 Å². The van der Waals surface area contributed by atoms with Crippen LogP contribution in [0.25, 0.3) is 22.0 Å². The van der Waals surface area contributed by atoms with E-state index in [0.29, 0.717) is 21.9 Å². The molecule has 0 radical (unpaired) electrons. The lowest BCUT2D eigenvalue weighted by Gasteiger charge is -2.37. The lowest BCUT2D eigenvalue weighted by Crippen LogP contribution is -2.38. The molecule has 0 bridgehead atoms. The van der Waals surface area contributed by atoms with Crippen LogP contribution in [0.5, 0.6) is 11.6 Å². The van der Waals surface area contributed by atoms with Gasteiger partial charge in [0.05, 0.1) is 11.1 Å². The number of amides is 1. The van der Waals surface area contributed by atoms with E-state index in [0.717, 1.165) is 33.2 Å². The normalized spacial score (nSPS) is 14.6. The first-order valence-corrected chi connectivity index (χ1v) is 12.9. The highest BCUT2D eigenvalue weighted by Crippen LogP contribution is 2.51. The molecule has 1 unspecified atom stereocenters. The molecule has 1 aliphatic rings. The summed E-state index contributed by atoms with van der Waals surface area (Å²) in [5.41, 5.74) is 2.80. The maximum Gasteiger partial charge on any atom is 0.232 e. The predicted octanol–water partition coefficient (Wildman–Crippen LogP) is 7.91. The number of ether oxygens (including phenoxy) is 1. The van der Waals surface area contributed by atoms with E-state index in [1.807, 2.05) is 67.8 Å². The number of carbonyl (C=O) groups excluding carboxylic acids is 1. The third-order valence-electron chi connectivity index (χ3n) is 6.70. The van der Waals surface area contributed by atoms with Gasteiger partial charge < -0.3 is 10.1 Å². The number of pyridine rings is 1. The molecule has 0 spiro atoms. The number of fused-ring (bicyclic) bond motifs is 3. The van der Waals surface area contributed by atoms with E-state index >= 15 is 0 Å². The Balaban J connectivity index is 1.33. The fraction of sp³-hybridized carbons (Fsp3) is 0.138. The molecule has 0 saturated carbocycles. The zero-order chi connectivity index (χ0) is 24.9. The minimum Gasteiger partial charge on any atom is -0.438 e. The summed E-state index contributed by atoms with van der Waals surface area (Å²) in [6.07, 6.45) is 0. The van der Waals surface area contributed by atoms with E-state index < -0.39 is 5.41 Å². The van der Waals surface area contributed by atoms with Gasteiger partial charge in [-0.25, -0.2) is 9.97 Å². The second-order valence-electron chi connectivity index (χ2n) is 9.34. The summed E-state index contributed by atoms with van der Waals surface area (Å²) in [7, 11) is 0. The largest absolute Gasteiger partial charge is 0.438 e. The van der Waals surface area contributed by atoms with E-state index in [-0.39, 0.29) is 11.8 Å². The van der Waals surface area contributed by atoms with Crippen molar-refractivity contribution in [3.05, 3.63) is 101 Å². The van der Waals surface area contributed by atoms with Crippen molar-refractivity contribution in [3.8, 4) is 22.9 Å². The van der Waals surface area contributed by atoms with Crippen molar-refractivity contribution in [2.24, 2.45) is 5.41 Å². The molecule has 2 aromatic heterocycles. The number of anilines is 1. The number of carbonyl (C=O) groups is 1. The third kappa shape index (κ3) is 3.83. The highest BCUT2D eigenvalue weighted by Gasteiger charge is 2.44. The van der Waals surface area contributed by atoms with Crippen molar-refractivity contribution in [1.29, 1.82) is 0 Å². The van der Waals surface area contributed by atoms with Crippen molar-refractivity contribution in [2.45, 2.75) is 19.8 Å². The summed E-state index contributed by atoms with van der Waals surface area (Å²) in [5.74, 6) is 0.696. The monoisotopic (exact) mass is 511 g/mol. The summed E-state index contributed by atoms with van der Waals surface area (Å²) in [4.78, 5) is 22.9. The summed E-state index contributed by atoms with van der Waals surface area (Å²) in [6, 6.07) is 25.8. The molecule has 3 aromatic carbocycles. The van der Waals surface area contributed by atoms with Crippen molar-refractivity contribution < 1.29 is 9.53 Å². The molecule has 1 amide bonds. The highest BCUT2D eigenvalue weighted by molar-refractivity contribution is 7.14. The molecule has 3 heterocycles. The molecular formula is C29H22ClN3O2S. The number of nitrogens with zero attached hydrogens (tertiary/aromatic N) is 2. The number of halogens is 1. The van der Waals surface area contributed by atoms with Crippen molar-refractivity contribution >= 4 is 44.7 Å².